The van der Waals surface area contributed by atoms with E-state index < -0.39 is 5.60 Å². The van der Waals surface area contributed by atoms with E-state index in [4.69, 9.17) is 0 Å². The van der Waals surface area contributed by atoms with Gasteiger partial charge in [0.1, 0.15) is 5.82 Å². The summed E-state index contributed by atoms with van der Waals surface area (Å²) in [7, 11) is 3.70. The lowest BCUT2D eigenvalue weighted by Gasteiger charge is -2.39. The van der Waals surface area contributed by atoms with E-state index in [9.17, 15) is 9.50 Å². The molecule has 3 N–H and O–H groups in total. The normalized spacial score (nSPS) is 18.1. The SMILES string of the molecule is C\C=C/C(NC)=C(\C=C/C)C(NC)C(C)(O)C(C)c1ccc(F)cc1. The number of nitrogens with one attached hydrogen (secondary N) is 2. The second kappa shape index (κ2) is 9.54. The molecule has 0 amide bonds. The van der Waals surface area contributed by atoms with Gasteiger partial charge in [-0.2, -0.15) is 0 Å². The molecular formula is C21H31FN2O. The van der Waals surface area contributed by atoms with Crippen molar-refractivity contribution in [1.82, 2.24) is 10.6 Å². The monoisotopic (exact) mass is 346 g/mol. The van der Waals surface area contributed by atoms with E-state index in [1.165, 1.54) is 12.1 Å². The predicted octanol–water partition coefficient (Wildman–Crippen LogP) is 3.89. The molecule has 0 heterocycles. The summed E-state index contributed by atoms with van der Waals surface area (Å²) in [5, 5.41) is 17.9. The molecule has 3 atom stereocenters. The Morgan fingerprint density at radius 3 is 2.12 bits per heavy atom. The molecule has 0 saturated carbocycles. The Kier molecular flexibility index (Phi) is 8.07. The van der Waals surface area contributed by atoms with Gasteiger partial charge >= 0.3 is 0 Å². The smallest absolute Gasteiger partial charge is 0.123 e. The van der Waals surface area contributed by atoms with Gasteiger partial charge in [0.05, 0.1) is 11.6 Å². The van der Waals surface area contributed by atoms with Crippen molar-refractivity contribution in [1.29, 1.82) is 0 Å². The third-order valence-electron chi connectivity index (χ3n) is 4.69. The molecule has 138 valence electrons. The highest BCUT2D eigenvalue weighted by Crippen LogP contribution is 2.34. The molecule has 1 rings (SSSR count). The van der Waals surface area contributed by atoms with Crippen molar-refractivity contribution in [2.75, 3.05) is 14.1 Å². The average Bonchev–Trinajstić information content (AvgIpc) is 2.59. The number of aliphatic hydroxyl groups is 1. The third-order valence-corrected chi connectivity index (χ3v) is 4.69. The molecule has 0 aliphatic heterocycles. The fourth-order valence-corrected chi connectivity index (χ4v) is 3.11. The van der Waals surface area contributed by atoms with Crippen molar-refractivity contribution in [3.8, 4) is 0 Å². The Morgan fingerprint density at radius 2 is 1.68 bits per heavy atom. The molecule has 1 aromatic carbocycles. The zero-order valence-electron chi connectivity index (χ0n) is 16.1. The molecule has 0 aliphatic carbocycles. The summed E-state index contributed by atoms with van der Waals surface area (Å²) in [5.41, 5.74) is 1.70. The zero-order valence-corrected chi connectivity index (χ0v) is 16.1. The van der Waals surface area contributed by atoms with Gasteiger partial charge in [-0.1, -0.05) is 37.3 Å². The van der Waals surface area contributed by atoms with Crippen molar-refractivity contribution in [2.45, 2.75) is 45.3 Å². The highest BCUT2D eigenvalue weighted by Gasteiger charge is 2.39. The number of halogens is 1. The Bertz CT molecular complexity index is 630. The van der Waals surface area contributed by atoms with Crippen LogP contribution in [0.4, 0.5) is 4.39 Å². The molecule has 0 saturated heterocycles. The second-order valence-electron chi connectivity index (χ2n) is 6.34. The number of benzene rings is 1. The maximum absolute atomic E-state index is 13.2. The Labute approximate surface area is 151 Å². The maximum Gasteiger partial charge on any atom is 0.123 e. The summed E-state index contributed by atoms with van der Waals surface area (Å²) in [6.45, 7) is 7.68. The Hall–Kier alpha value is -1.91. The molecule has 3 nitrogen and oxygen atoms in total. The first kappa shape index (κ1) is 21.1. The van der Waals surface area contributed by atoms with Gasteiger partial charge < -0.3 is 15.7 Å². The van der Waals surface area contributed by atoms with Crippen LogP contribution >= 0.6 is 0 Å². The molecular weight excluding hydrogens is 315 g/mol. The molecule has 0 fully saturated rings. The topological polar surface area (TPSA) is 44.3 Å². The summed E-state index contributed by atoms with van der Waals surface area (Å²) in [6, 6.07) is 5.99. The number of likely N-dealkylation sites (N-methyl/N-ethyl adjacent to an activating group) is 2. The van der Waals surface area contributed by atoms with Crippen molar-refractivity contribution in [2.24, 2.45) is 0 Å². The molecule has 0 bridgehead atoms. The average molecular weight is 346 g/mol. The molecule has 0 spiro atoms. The standard InChI is InChI=1S/C21H31FN2O/c1-7-9-18(19(23-5)10-8-2)20(24-6)21(4,25)15(3)16-11-13-17(22)14-12-16/h7-15,20,23-25H,1-6H3/b9-7-,10-8-,19-18-. The lowest BCUT2D eigenvalue weighted by atomic mass is 9.76. The van der Waals surface area contributed by atoms with Crippen LogP contribution in [0.1, 0.15) is 39.2 Å². The van der Waals surface area contributed by atoms with Crippen molar-refractivity contribution >= 4 is 0 Å². The molecule has 25 heavy (non-hydrogen) atoms. The minimum Gasteiger partial charge on any atom is -0.388 e. The first-order valence-electron chi connectivity index (χ1n) is 8.65. The fourth-order valence-electron chi connectivity index (χ4n) is 3.11. The minimum atomic E-state index is -1.09. The van der Waals surface area contributed by atoms with Crippen LogP contribution in [0.2, 0.25) is 0 Å². The molecule has 4 heteroatoms. The van der Waals surface area contributed by atoms with Crippen LogP contribution in [0.25, 0.3) is 0 Å². The number of allylic oxidation sites excluding steroid dienone is 3. The van der Waals surface area contributed by atoms with E-state index in [2.05, 4.69) is 10.6 Å². The molecule has 0 aliphatic rings. The molecule has 0 radical (unpaired) electrons. The number of hydrogen-bond acceptors (Lipinski definition) is 3. The van der Waals surface area contributed by atoms with Gasteiger partial charge in [0.2, 0.25) is 0 Å². The fraction of sp³-hybridized carbons (Fsp3) is 0.429. The maximum atomic E-state index is 13.2. The van der Waals surface area contributed by atoms with Crippen LogP contribution in [0.5, 0.6) is 0 Å². The van der Waals surface area contributed by atoms with Gasteiger partial charge in [0, 0.05) is 18.7 Å². The summed E-state index contributed by atoms with van der Waals surface area (Å²) in [4.78, 5) is 0. The van der Waals surface area contributed by atoms with Gasteiger partial charge in [-0.3, -0.25) is 0 Å². The van der Waals surface area contributed by atoms with Crippen LogP contribution in [-0.4, -0.2) is 30.8 Å². The Morgan fingerprint density at radius 1 is 1.12 bits per heavy atom. The summed E-state index contributed by atoms with van der Waals surface area (Å²) in [6.07, 6.45) is 7.90. The van der Waals surface area contributed by atoms with E-state index >= 15 is 0 Å². The quantitative estimate of drug-likeness (QED) is 0.626. The lowest BCUT2D eigenvalue weighted by Crippen LogP contribution is -2.52. The summed E-state index contributed by atoms with van der Waals surface area (Å²) < 4.78 is 13.2. The predicted molar refractivity (Wildman–Crippen MR) is 104 cm³/mol. The van der Waals surface area contributed by atoms with Crippen LogP contribution in [0, 0.1) is 5.82 Å². The lowest BCUT2D eigenvalue weighted by molar-refractivity contribution is 0.0122. The molecule has 3 unspecified atom stereocenters. The van der Waals surface area contributed by atoms with Crippen LogP contribution in [0.15, 0.2) is 59.8 Å². The van der Waals surface area contributed by atoms with E-state index in [1.807, 2.05) is 66.1 Å². The molecule has 0 aromatic heterocycles. The minimum absolute atomic E-state index is 0.200. The van der Waals surface area contributed by atoms with Crippen molar-refractivity contribution < 1.29 is 9.50 Å². The largest absolute Gasteiger partial charge is 0.388 e. The number of hydrogen-bond donors (Lipinski definition) is 3. The van der Waals surface area contributed by atoms with E-state index in [0.717, 1.165) is 16.8 Å². The van der Waals surface area contributed by atoms with E-state index in [1.54, 1.807) is 12.1 Å². The second-order valence-corrected chi connectivity index (χ2v) is 6.34. The van der Waals surface area contributed by atoms with E-state index in [0.29, 0.717) is 0 Å². The highest BCUT2D eigenvalue weighted by molar-refractivity contribution is 5.39. The van der Waals surface area contributed by atoms with Crippen molar-refractivity contribution in [3.63, 3.8) is 0 Å². The molecule has 1 aromatic rings. The number of rotatable bonds is 8. The van der Waals surface area contributed by atoms with Gasteiger partial charge in [0.25, 0.3) is 0 Å². The van der Waals surface area contributed by atoms with Crippen LogP contribution in [0.3, 0.4) is 0 Å². The third kappa shape index (κ3) is 5.03. The van der Waals surface area contributed by atoms with Crippen LogP contribution in [-0.2, 0) is 0 Å². The summed E-state index contributed by atoms with van der Waals surface area (Å²) >= 11 is 0. The van der Waals surface area contributed by atoms with E-state index in [-0.39, 0.29) is 17.8 Å². The summed E-state index contributed by atoms with van der Waals surface area (Å²) in [5.74, 6) is -0.477. The zero-order chi connectivity index (χ0) is 19.0. The van der Waals surface area contributed by atoms with Gasteiger partial charge in [-0.25, -0.2) is 4.39 Å². The van der Waals surface area contributed by atoms with Gasteiger partial charge in [-0.05, 0) is 57.2 Å². The highest BCUT2D eigenvalue weighted by atomic mass is 19.1. The Balaban J connectivity index is 3.39. The first-order valence-corrected chi connectivity index (χ1v) is 8.65. The first-order chi connectivity index (χ1) is 11.8. The van der Waals surface area contributed by atoms with Gasteiger partial charge in [-0.15, -0.1) is 0 Å². The van der Waals surface area contributed by atoms with Gasteiger partial charge in [0.15, 0.2) is 0 Å². The van der Waals surface area contributed by atoms with Crippen molar-refractivity contribution in [3.05, 3.63) is 71.2 Å². The van der Waals surface area contributed by atoms with Crippen LogP contribution < -0.4 is 10.6 Å².